The number of hydrogen-bond donors (Lipinski definition) is 3. The molecule has 0 saturated carbocycles. The van der Waals surface area contributed by atoms with Crippen molar-refractivity contribution in [1.82, 2.24) is 15.0 Å². The quantitative estimate of drug-likeness (QED) is 0.689. The molecule has 0 unspecified atom stereocenters. The smallest absolute Gasteiger partial charge is 0.204 e. The van der Waals surface area contributed by atoms with E-state index in [-0.39, 0.29) is 0 Å². The molecule has 6 nitrogen and oxygen atoms in total. The third-order valence-corrected chi connectivity index (χ3v) is 3.87. The Kier molecular flexibility index (Phi) is 3.07. The second-order valence-electron chi connectivity index (χ2n) is 5.34. The Morgan fingerprint density at radius 2 is 2.09 bits per heavy atom. The highest BCUT2D eigenvalue weighted by atomic mass is 16.5. The van der Waals surface area contributed by atoms with Gasteiger partial charge in [-0.25, -0.2) is 9.97 Å². The van der Waals surface area contributed by atoms with Crippen molar-refractivity contribution in [3.63, 3.8) is 0 Å². The Morgan fingerprint density at radius 1 is 1.18 bits per heavy atom. The Labute approximate surface area is 127 Å². The van der Waals surface area contributed by atoms with Gasteiger partial charge in [-0.2, -0.15) is 0 Å². The number of anilines is 2. The number of benzene rings is 1. The third-order valence-electron chi connectivity index (χ3n) is 3.87. The van der Waals surface area contributed by atoms with Crippen LogP contribution in [0.4, 0.5) is 11.6 Å². The molecule has 0 bridgehead atoms. The normalized spacial score (nSPS) is 13.5. The van der Waals surface area contributed by atoms with Crippen LogP contribution in [0.5, 0.6) is 5.75 Å². The van der Waals surface area contributed by atoms with Gasteiger partial charge in [-0.3, -0.25) is 0 Å². The fraction of sp³-hybridized carbons (Fsp3) is 0.250. The van der Waals surface area contributed by atoms with E-state index in [9.17, 15) is 0 Å². The molecule has 1 aliphatic rings. The molecule has 3 heterocycles. The van der Waals surface area contributed by atoms with E-state index in [0.29, 0.717) is 24.0 Å². The SMILES string of the molecule is Nc1nc(CCc2c[nH]c3ccccc23)nc2c1OCCN2. The van der Waals surface area contributed by atoms with Gasteiger partial charge in [0.1, 0.15) is 12.4 Å². The molecule has 3 aromatic rings. The largest absolute Gasteiger partial charge is 0.485 e. The Morgan fingerprint density at radius 3 is 3.05 bits per heavy atom. The van der Waals surface area contributed by atoms with Crippen LogP contribution in [0.1, 0.15) is 11.4 Å². The number of rotatable bonds is 3. The number of fused-ring (bicyclic) bond motifs is 2. The second-order valence-corrected chi connectivity index (χ2v) is 5.34. The number of nitrogens with two attached hydrogens (primary N) is 1. The summed E-state index contributed by atoms with van der Waals surface area (Å²) in [5, 5.41) is 4.45. The van der Waals surface area contributed by atoms with Gasteiger partial charge < -0.3 is 20.8 Å². The topological polar surface area (TPSA) is 88.9 Å². The molecule has 4 N–H and O–H groups in total. The average Bonchev–Trinajstić information content (AvgIpc) is 2.96. The standard InChI is InChI=1S/C16H17N5O/c17-15-14-16(18-7-8-22-14)21-13(20-15)6-5-10-9-19-12-4-2-1-3-11(10)12/h1-4,9,19H,5-8H2,(H3,17,18,20,21). The Hall–Kier alpha value is -2.76. The lowest BCUT2D eigenvalue weighted by molar-refractivity contribution is 0.321. The zero-order valence-corrected chi connectivity index (χ0v) is 12.1. The van der Waals surface area contributed by atoms with E-state index in [0.717, 1.165) is 30.7 Å². The number of nitrogen functional groups attached to an aromatic ring is 1. The monoisotopic (exact) mass is 295 g/mol. The first-order chi connectivity index (χ1) is 10.8. The molecule has 1 aromatic carbocycles. The molecular weight excluding hydrogens is 278 g/mol. The summed E-state index contributed by atoms with van der Waals surface area (Å²) in [5.74, 6) is 2.42. The second kappa shape index (κ2) is 5.22. The van der Waals surface area contributed by atoms with Gasteiger partial charge in [0.05, 0.1) is 6.54 Å². The van der Waals surface area contributed by atoms with Crippen molar-refractivity contribution in [1.29, 1.82) is 0 Å². The molecule has 112 valence electrons. The highest BCUT2D eigenvalue weighted by Gasteiger charge is 2.17. The summed E-state index contributed by atoms with van der Waals surface area (Å²) < 4.78 is 5.50. The predicted octanol–water partition coefficient (Wildman–Crippen LogP) is 2.13. The highest BCUT2D eigenvalue weighted by Crippen LogP contribution is 2.30. The van der Waals surface area contributed by atoms with E-state index >= 15 is 0 Å². The van der Waals surface area contributed by atoms with Crippen LogP contribution in [0.3, 0.4) is 0 Å². The highest BCUT2D eigenvalue weighted by molar-refractivity contribution is 5.83. The molecule has 0 spiro atoms. The molecule has 0 fully saturated rings. The van der Waals surface area contributed by atoms with Gasteiger partial charge in [-0.1, -0.05) is 18.2 Å². The number of ether oxygens (including phenoxy) is 1. The van der Waals surface area contributed by atoms with Gasteiger partial charge in [0.25, 0.3) is 0 Å². The minimum Gasteiger partial charge on any atom is -0.485 e. The molecule has 6 heteroatoms. The molecule has 0 amide bonds. The summed E-state index contributed by atoms with van der Waals surface area (Å²) >= 11 is 0. The van der Waals surface area contributed by atoms with Crippen molar-refractivity contribution < 1.29 is 4.74 Å². The van der Waals surface area contributed by atoms with Crippen LogP contribution < -0.4 is 15.8 Å². The van der Waals surface area contributed by atoms with Crippen molar-refractivity contribution in [3.8, 4) is 5.75 Å². The molecule has 0 radical (unpaired) electrons. The van der Waals surface area contributed by atoms with Crippen LogP contribution in [0.2, 0.25) is 0 Å². The summed E-state index contributed by atoms with van der Waals surface area (Å²) in [6, 6.07) is 8.28. The summed E-state index contributed by atoms with van der Waals surface area (Å²) in [6.45, 7) is 1.33. The molecule has 0 atom stereocenters. The number of nitrogens with one attached hydrogen (secondary N) is 2. The van der Waals surface area contributed by atoms with Crippen molar-refractivity contribution in [2.24, 2.45) is 0 Å². The van der Waals surface area contributed by atoms with E-state index < -0.39 is 0 Å². The predicted molar refractivity (Wildman–Crippen MR) is 86.1 cm³/mol. The van der Waals surface area contributed by atoms with E-state index in [1.165, 1.54) is 10.9 Å². The zero-order valence-electron chi connectivity index (χ0n) is 12.1. The van der Waals surface area contributed by atoms with Gasteiger partial charge in [0.2, 0.25) is 5.75 Å². The van der Waals surface area contributed by atoms with Gasteiger partial charge >= 0.3 is 0 Å². The minimum absolute atomic E-state index is 0.408. The lowest BCUT2D eigenvalue weighted by atomic mass is 10.1. The molecule has 2 aromatic heterocycles. The van der Waals surface area contributed by atoms with Crippen LogP contribution in [0.15, 0.2) is 30.5 Å². The number of aromatic amines is 1. The van der Waals surface area contributed by atoms with Gasteiger partial charge in [-0.15, -0.1) is 0 Å². The lowest BCUT2D eigenvalue weighted by Gasteiger charge is -2.19. The zero-order chi connectivity index (χ0) is 14.9. The summed E-state index contributed by atoms with van der Waals surface area (Å²) in [7, 11) is 0. The van der Waals surface area contributed by atoms with Crippen molar-refractivity contribution in [2.45, 2.75) is 12.8 Å². The fourth-order valence-electron chi connectivity index (χ4n) is 2.80. The van der Waals surface area contributed by atoms with Gasteiger partial charge in [0, 0.05) is 23.5 Å². The van der Waals surface area contributed by atoms with E-state index in [2.05, 4.69) is 32.4 Å². The number of aryl methyl sites for hydroxylation is 2. The Bertz CT molecular complexity index is 827. The van der Waals surface area contributed by atoms with Gasteiger partial charge in [-0.05, 0) is 18.1 Å². The van der Waals surface area contributed by atoms with Gasteiger partial charge in [0.15, 0.2) is 11.6 Å². The number of hydrogen-bond acceptors (Lipinski definition) is 5. The summed E-state index contributed by atoms with van der Waals surface area (Å²) in [4.78, 5) is 12.2. The molecule has 1 aliphatic heterocycles. The third kappa shape index (κ3) is 2.22. The van der Waals surface area contributed by atoms with Crippen LogP contribution in [-0.4, -0.2) is 28.1 Å². The molecule has 0 aliphatic carbocycles. The fourth-order valence-corrected chi connectivity index (χ4v) is 2.80. The van der Waals surface area contributed by atoms with Crippen LogP contribution >= 0.6 is 0 Å². The van der Waals surface area contributed by atoms with Crippen LogP contribution in [0.25, 0.3) is 10.9 Å². The van der Waals surface area contributed by atoms with E-state index in [4.69, 9.17) is 10.5 Å². The number of aromatic nitrogens is 3. The minimum atomic E-state index is 0.408. The Balaban J connectivity index is 1.58. The number of H-pyrrole nitrogens is 1. The molecule has 4 rings (SSSR count). The number of nitrogens with zero attached hydrogens (tertiary/aromatic N) is 2. The number of para-hydroxylation sites is 1. The average molecular weight is 295 g/mol. The lowest BCUT2D eigenvalue weighted by Crippen LogP contribution is -2.21. The van der Waals surface area contributed by atoms with Crippen molar-refractivity contribution in [2.75, 3.05) is 24.2 Å². The van der Waals surface area contributed by atoms with E-state index in [1.807, 2.05) is 18.3 Å². The van der Waals surface area contributed by atoms with Crippen LogP contribution in [0, 0.1) is 0 Å². The summed E-state index contributed by atoms with van der Waals surface area (Å²) in [5.41, 5.74) is 8.37. The molecule has 22 heavy (non-hydrogen) atoms. The molecule has 0 saturated heterocycles. The first kappa shape index (κ1) is 12.9. The van der Waals surface area contributed by atoms with E-state index in [1.54, 1.807) is 0 Å². The van der Waals surface area contributed by atoms with Crippen molar-refractivity contribution >= 4 is 22.5 Å². The maximum Gasteiger partial charge on any atom is 0.204 e. The summed E-state index contributed by atoms with van der Waals surface area (Å²) in [6.07, 6.45) is 3.65. The first-order valence-electron chi connectivity index (χ1n) is 7.39. The first-order valence-corrected chi connectivity index (χ1v) is 7.39. The molecular formula is C16H17N5O. The maximum absolute atomic E-state index is 5.96. The maximum atomic E-state index is 5.96. The van der Waals surface area contributed by atoms with Crippen molar-refractivity contribution in [3.05, 3.63) is 41.9 Å². The van der Waals surface area contributed by atoms with Crippen LogP contribution in [-0.2, 0) is 12.8 Å².